The first kappa shape index (κ1) is 12.2. The third-order valence-electron chi connectivity index (χ3n) is 2.49. The summed E-state index contributed by atoms with van der Waals surface area (Å²) < 4.78 is 10.8. The molecule has 2 aromatic carbocycles. The fourth-order valence-electron chi connectivity index (χ4n) is 1.44. The lowest BCUT2D eigenvalue weighted by atomic mass is 10.2. The lowest BCUT2D eigenvalue weighted by Crippen LogP contribution is -2.05. The van der Waals surface area contributed by atoms with Gasteiger partial charge in [-0.05, 0) is 43.3 Å². The van der Waals surface area contributed by atoms with Crippen LogP contribution in [0, 0.1) is 6.92 Å². The zero-order valence-electron chi connectivity index (χ0n) is 10.1. The van der Waals surface area contributed by atoms with E-state index in [0.717, 1.165) is 12.0 Å². The maximum atomic E-state index is 10.5. The van der Waals surface area contributed by atoms with Crippen LogP contribution in [0.4, 0.5) is 0 Å². The van der Waals surface area contributed by atoms with Crippen LogP contribution in [0.1, 0.15) is 15.9 Å². The predicted octanol–water partition coefficient (Wildman–Crippen LogP) is 3.22. The highest BCUT2D eigenvalue weighted by atomic mass is 16.7. The van der Waals surface area contributed by atoms with Crippen molar-refractivity contribution in [1.82, 2.24) is 0 Å². The summed E-state index contributed by atoms with van der Waals surface area (Å²) in [5.41, 5.74) is 1.81. The van der Waals surface area contributed by atoms with Crippen LogP contribution in [-0.4, -0.2) is 13.1 Å². The SMILES string of the molecule is Cc1ccc(OCOc2ccc(C=O)cc2)cc1. The van der Waals surface area contributed by atoms with Crippen LogP contribution in [0.2, 0.25) is 0 Å². The summed E-state index contributed by atoms with van der Waals surface area (Å²) in [6.07, 6.45) is 0.798. The molecule has 3 nitrogen and oxygen atoms in total. The van der Waals surface area contributed by atoms with E-state index < -0.39 is 0 Å². The monoisotopic (exact) mass is 242 g/mol. The summed E-state index contributed by atoms with van der Waals surface area (Å²) in [6.45, 7) is 2.17. The summed E-state index contributed by atoms with van der Waals surface area (Å²) >= 11 is 0. The van der Waals surface area contributed by atoms with Crippen LogP contribution in [0.15, 0.2) is 48.5 Å². The maximum absolute atomic E-state index is 10.5. The van der Waals surface area contributed by atoms with Crippen LogP contribution in [0.5, 0.6) is 11.5 Å². The molecule has 0 bridgehead atoms. The molecule has 0 fully saturated rings. The van der Waals surface area contributed by atoms with E-state index in [4.69, 9.17) is 9.47 Å². The molecule has 2 rings (SSSR count). The summed E-state index contributed by atoms with van der Waals surface area (Å²) in [7, 11) is 0. The Labute approximate surface area is 106 Å². The van der Waals surface area contributed by atoms with Crippen molar-refractivity contribution < 1.29 is 14.3 Å². The second-order valence-electron chi connectivity index (χ2n) is 3.91. The Balaban J connectivity index is 1.84. The Morgan fingerprint density at radius 1 is 0.889 bits per heavy atom. The molecule has 18 heavy (non-hydrogen) atoms. The van der Waals surface area contributed by atoms with Crippen LogP contribution in [-0.2, 0) is 0 Å². The fraction of sp³-hybridized carbons (Fsp3) is 0.133. The van der Waals surface area contributed by atoms with Gasteiger partial charge in [0.2, 0.25) is 6.79 Å². The van der Waals surface area contributed by atoms with Crippen molar-refractivity contribution in [2.75, 3.05) is 6.79 Å². The van der Waals surface area contributed by atoms with Crippen molar-refractivity contribution in [1.29, 1.82) is 0 Å². The molecule has 3 heteroatoms. The molecule has 0 aliphatic rings. The van der Waals surface area contributed by atoms with Crippen molar-refractivity contribution in [3.8, 4) is 11.5 Å². The molecule has 0 aliphatic carbocycles. The molecular weight excluding hydrogens is 228 g/mol. The number of benzene rings is 2. The van der Waals surface area contributed by atoms with E-state index >= 15 is 0 Å². The van der Waals surface area contributed by atoms with Gasteiger partial charge in [0.25, 0.3) is 0 Å². The van der Waals surface area contributed by atoms with Crippen LogP contribution < -0.4 is 9.47 Å². The normalized spacial score (nSPS) is 9.83. The summed E-state index contributed by atoms with van der Waals surface area (Å²) in [5, 5.41) is 0. The molecule has 0 N–H and O–H groups in total. The fourth-order valence-corrected chi connectivity index (χ4v) is 1.44. The van der Waals surface area contributed by atoms with Gasteiger partial charge in [-0.1, -0.05) is 17.7 Å². The van der Waals surface area contributed by atoms with Gasteiger partial charge >= 0.3 is 0 Å². The molecule has 0 amide bonds. The van der Waals surface area contributed by atoms with Crippen molar-refractivity contribution in [3.63, 3.8) is 0 Å². The predicted molar refractivity (Wildman–Crippen MR) is 69.1 cm³/mol. The molecule has 0 spiro atoms. The lowest BCUT2D eigenvalue weighted by molar-refractivity contribution is 0.112. The van der Waals surface area contributed by atoms with Gasteiger partial charge in [-0.3, -0.25) is 4.79 Å². The zero-order valence-corrected chi connectivity index (χ0v) is 10.1. The minimum absolute atomic E-state index is 0.142. The molecule has 0 saturated heterocycles. The number of aldehydes is 1. The lowest BCUT2D eigenvalue weighted by Gasteiger charge is -2.08. The highest BCUT2D eigenvalue weighted by molar-refractivity contribution is 5.74. The van der Waals surface area contributed by atoms with Gasteiger partial charge in [-0.2, -0.15) is 0 Å². The average molecular weight is 242 g/mol. The first-order chi connectivity index (χ1) is 8.78. The molecule has 0 aliphatic heterocycles. The largest absolute Gasteiger partial charge is 0.458 e. The van der Waals surface area contributed by atoms with Crippen molar-refractivity contribution >= 4 is 6.29 Å². The highest BCUT2D eigenvalue weighted by Crippen LogP contribution is 2.14. The molecule has 0 saturated carbocycles. The number of aryl methyl sites for hydroxylation is 1. The Bertz CT molecular complexity index is 500. The standard InChI is InChI=1S/C15H14O3/c1-12-2-6-14(7-3-12)17-11-18-15-8-4-13(10-16)5-9-15/h2-10H,11H2,1H3. The van der Waals surface area contributed by atoms with E-state index in [2.05, 4.69) is 0 Å². The molecule has 0 unspecified atom stereocenters. The Hall–Kier alpha value is -2.29. The third-order valence-corrected chi connectivity index (χ3v) is 2.49. The second-order valence-corrected chi connectivity index (χ2v) is 3.91. The smallest absolute Gasteiger partial charge is 0.230 e. The molecule has 0 aromatic heterocycles. The number of ether oxygens (including phenoxy) is 2. The molecular formula is C15H14O3. The van der Waals surface area contributed by atoms with E-state index in [0.29, 0.717) is 11.3 Å². The number of hydrogen-bond donors (Lipinski definition) is 0. The van der Waals surface area contributed by atoms with Gasteiger partial charge < -0.3 is 9.47 Å². The Morgan fingerprint density at radius 2 is 1.39 bits per heavy atom. The van der Waals surface area contributed by atoms with E-state index in [1.807, 2.05) is 31.2 Å². The Morgan fingerprint density at radius 3 is 1.89 bits per heavy atom. The van der Waals surface area contributed by atoms with Crippen LogP contribution in [0.25, 0.3) is 0 Å². The topological polar surface area (TPSA) is 35.5 Å². The number of carbonyl (C=O) groups is 1. The number of hydrogen-bond acceptors (Lipinski definition) is 3. The summed E-state index contributed by atoms with van der Waals surface area (Å²) in [5.74, 6) is 1.44. The molecule has 2 aromatic rings. The summed E-state index contributed by atoms with van der Waals surface area (Å²) in [4.78, 5) is 10.5. The minimum Gasteiger partial charge on any atom is -0.458 e. The van der Waals surface area contributed by atoms with Gasteiger partial charge in [0.1, 0.15) is 17.8 Å². The van der Waals surface area contributed by atoms with E-state index in [9.17, 15) is 4.79 Å². The maximum Gasteiger partial charge on any atom is 0.230 e. The Kier molecular flexibility index (Phi) is 3.97. The van der Waals surface area contributed by atoms with Crippen LogP contribution in [0.3, 0.4) is 0 Å². The average Bonchev–Trinajstić information content (AvgIpc) is 2.42. The van der Waals surface area contributed by atoms with Gasteiger partial charge in [0.15, 0.2) is 0 Å². The molecule has 0 heterocycles. The van der Waals surface area contributed by atoms with E-state index in [1.54, 1.807) is 24.3 Å². The van der Waals surface area contributed by atoms with Crippen molar-refractivity contribution in [2.24, 2.45) is 0 Å². The first-order valence-corrected chi connectivity index (χ1v) is 5.65. The van der Waals surface area contributed by atoms with Crippen LogP contribution >= 0.6 is 0 Å². The zero-order chi connectivity index (χ0) is 12.8. The van der Waals surface area contributed by atoms with E-state index in [1.165, 1.54) is 5.56 Å². The van der Waals surface area contributed by atoms with Gasteiger partial charge in [0, 0.05) is 5.56 Å². The highest BCUT2D eigenvalue weighted by Gasteiger charge is 1.96. The molecule has 0 atom stereocenters. The van der Waals surface area contributed by atoms with Crippen molar-refractivity contribution in [3.05, 3.63) is 59.7 Å². The second kappa shape index (κ2) is 5.87. The van der Waals surface area contributed by atoms with E-state index in [-0.39, 0.29) is 6.79 Å². The minimum atomic E-state index is 0.142. The first-order valence-electron chi connectivity index (χ1n) is 5.65. The molecule has 92 valence electrons. The quantitative estimate of drug-likeness (QED) is 0.596. The number of rotatable bonds is 5. The van der Waals surface area contributed by atoms with Gasteiger partial charge in [0.05, 0.1) is 0 Å². The van der Waals surface area contributed by atoms with Gasteiger partial charge in [-0.25, -0.2) is 0 Å². The summed E-state index contributed by atoms with van der Waals surface area (Å²) in [6, 6.07) is 14.6. The number of carbonyl (C=O) groups excluding carboxylic acids is 1. The van der Waals surface area contributed by atoms with Crippen molar-refractivity contribution in [2.45, 2.75) is 6.92 Å². The third kappa shape index (κ3) is 3.35. The van der Waals surface area contributed by atoms with Gasteiger partial charge in [-0.15, -0.1) is 0 Å². The molecule has 0 radical (unpaired) electrons.